The largest absolute Gasteiger partial charge is 0.459 e. The van der Waals surface area contributed by atoms with Crippen LogP contribution in [0.4, 0.5) is 0 Å². The van der Waals surface area contributed by atoms with Crippen LogP contribution in [0.5, 0.6) is 0 Å². The Morgan fingerprint density at radius 3 is 2.65 bits per heavy atom. The lowest BCUT2D eigenvalue weighted by Gasteiger charge is -2.01. The van der Waals surface area contributed by atoms with Gasteiger partial charge in [-0.15, -0.1) is 0 Å². The molecule has 6 nitrogen and oxygen atoms in total. The van der Waals surface area contributed by atoms with E-state index in [-0.39, 0.29) is 12.3 Å². The Balaban J connectivity index is 1.75. The average Bonchev–Trinajstić information content (AvgIpc) is 3.08. The van der Waals surface area contributed by atoms with E-state index in [9.17, 15) is 9.59 Å². The number of hydrogen-bond donors (Lipinski definition) is 2. The van der Waals surface area contributed by atoms with E-state index in [4.69, 9.17) is 4.42 Å². The Morgan fingerprint density at radius 1 is 1.17 bits per heavy atom. The summed E-state index contributed by atoms with van der Waals surface area (Å²) in [6.45, 7) is 1.69. The summed E-state index contributed by atoms with van der Waals surface area (Å²) in [5.74, 6) is -0.717. The first-order valence-electron chi connectivity index (χ1n) is 7.02. The topological polar surface area (TPSA) is 83.7 Å². The first kappa shape index (κ1) is 16.2. The Morgan fingerprint density at radius 2 is 1.96 bits per heavy atom. The third kappa shape index (κ3) is 5.62. The van der Waals surface area contributed by atoms with Crippen LogP contribution in [0.1, 0.15) is 23.0 Å². The number of hydrogen-bond acceptors (Lipinski definition) is 4. The number of amides is 2. The van der Waals surface area contributed by atoms with Crippen LogP contribution in [0.2, 0.25) is 0 Å². The molecule has 23 heavy (non-hydrogen) atoms. The Bertz CT molecular complexity index is 704. The normalized spacial score (nSPS) is 11.4. The van der Waals surface area contributed by atoms with Crippen LogP contribution in [-0.2, 0) is 4.79 Å². The number of benzene rings is 1. The maximum absolute atomic E-state index is 11.6. The summed E-state index contributed by atoms with van der Waals surface area (Å²) in [4.78, 5) is 23.1. The van der Waals surface area contributed by atoms with E-state index in [0.29, 0.717) is 0 Å². The summed E-state index contributed by atoms with van der Waals surface area (Å²) in [7, 11) is 0. The summed E-state index contributed by atoms with van der Waals surface area (Å²) in [5.41, 5.74) is 4.28. The van der Waals surface area contributed by atoms with Crippen molar-refractivity contribution in [1.82, 2.24) is 10.7 Å². The van der Waals surface area contributed by atoms with Crippen molar-refractivity contribution in [3.05, 3.63) is 65.6 Å². The van der Waals surface area contributed by atoms with E-state index in [1.165, 1.54) is 12.3 Å². The fourth-order valence-corrected chi connectivity index (χ4v) is 1.75. The number of furan rings is 1. The van der Waals surface area contributed by atoms with Crippen LogP contribution in [0.15, 0.2) is 63.8 Å². The minimum Gasteiger partial charge on any atom is -0.459 e. The first-order chi connectivity index (χ1) is 11.1. The minimum atomic E-state index is -0.450. The highest BCUT2D eigenvalue weighted by atomic mass is 16.3. The zero-order valence-corrected chi connectivity index (χ0v) is 12.7. The molecule has 1 aromatic carbocycles. The summed E-state index contributed by atoms with van der Waals surface area (Å²) < 4.78 is 4.92. The highest BCUT2D eigenvalue weighted by Crippen LogP contribution is 2.04. The van der Waals surface area contributed by atoms with Crippen molar-refractivity contribution in [2.45, 2.75) is 6.92 Å². The molecule has 118 valence electrons. The van der Waals surface area contributed by atoms with E-state index in [0.717, 1.165) is 11.1 Å². The van der Waals surface area contributed by atoms with Crippen molar-refractivity contribution in [3.8, 4) is 0 Å². The zero-order chi connectivity index (χ0) is 16.5. The van der Waals surface area contributed by atoms with Crippen molar-refractivity contribution in [3.63, 3.8) is 0 Å². The van der Waals surface area contributed by atoms with Gasteiger partial charge < -0.3 is 9.73 Å². The third-order valence-corrected chi connectivity index (χ3v) is 2.81. The molecule has 0 aliphatic carbocycles. The van der Waals surface area contributed by atoms with Crippen LogP contribution in [0, 0.1) is 0 Å². The SMILES string of the molecule is CC(=Cc1ccccc1)/C=N\NC(=O)CNC(=O)c1ccco1. The highest BCUT2D eigenvalue weighted by Gasteiger charge is 2.09. The summed E-state index contributed by atoms with van der Waals surface area (Å²) in [6.07, 6.45) is 4.87. The number of rotatable bonds is 6. The second-order valence-corrected chi connectivity index (χ2v) is 4.75. The monoisotopic (exact) mass is 311 g/mol. The molecule has 0 spiro atoms. The standard InChI is InChI=1S/C17H17N3O3/c1-13(10-14-6-3-2-4-7-14)11-19-20-16(21)12-18-17(22)15-8-5-9-23-15/h2-11H,12H2,1H3,(H,18,22)(H,20,21)/b13-10?,19-11-. The molecule has 0 bridgehead atoms. The van der Waals surface area contributed by atoms with E-state index >= 15 is 0 Å². The lowest BCUT2D eigenvalue weighted by molar-refractivity contribution is -0.120. The number of carbonyl (C=O) groups excluding carboxylic acids is 2. The molecule has 0 aliphatic rings. The van der Waals surface area contributed by atoms with E-state index < -0.39 is 11.8 Å². The van der Waals surface area contributed by atoms with Gasteiger partial charge in [-0.05, 0) is 30.2 Å². The predicted molar refractivity (Wildman–Crippen MR) is 87.8 cm³/mol. The number of nitrogens with one attached hydrogen (secondary N) is 2. The van der Waals surface area contributed by atoms with Gasteiger partial charge >= 0.3 is 0 Å². The van der Waals surface area contributed by atoms with Crippen molar-refractivity contribution < 1.29 is 14.0 Å². The second kappa shape index (κ2) is 8.33. The highest BCUT2D eigenvalue weighted by molar-refractivity contribution is 5.94. The Kier molecular flexibility index (Phi) is 5.88. The van der Waals surface area contributed by atoms with E-state index in [1.807, 2.05) is 43.3 Å². The van der Waals surface area contributed by atoms with Gasteiger partial charge in [-0.1, -0.05) is 36.4 Å². The summed E-state index contributed by atoms with van der Waals surface area (Å²) in [6, 6.07) is 12.9. The minimum absolute atomic E-state index is 0.156. The third-order valence-electron chi connectivity index (χ3n) is 2.81. The Hall–Kier alpha value is -3.15. The molecule has 0 saturated heterocycles. The van der Waals surface area contributed by atoms with Gasteiger partial charge in [-0.25, -0.2) is 5.43 Å². The fraction of sp³-hybridized carbons (Fsp3) is 0.118. The summed E-state index contributed by atoms with van der Waals surface area (Å²) >= 11 is 0. The molecule has 0 fully saturated rings. The molecule has 0 unspecified atom stereocenters. The second-order valence-electron chi connectivity index (χ2n) is 4.75. The van der Waals surface area contributed by atoms with Crippen molar-refractivity contribution in [2.24, 2.45) is 5.10 Å². The molecular weight excluding hydrogens is 294 g/mol. The van der Waals surface area contributed by atoms with Crippen molar-refractivity contribution >= 4 is 24.1 Å². The number of allylic oxidation sites excluding steroid dienone is 1. The van der Waals surface area contributed by atoms with Gasteiger partial charge in [-0.2, -0.15) is 5.10 Å². The number of hydrazone groups is 1. The molecule has 0 saturated carbocycles. The maximum Gasteiger partial charge on any atom is 0.287 e. The van der Waals surface area contributed by atoms with Gasteiger partial charge in [0.1, 0.15) is 0 Å². The zero-order valence-electron chi connectivity index (χ0n) is 12.7. The molecule has 1 heterocycles. The molecule has 0 aliphatic heterocycles. The lowest BCUT2D eigenvalue weighted by atomic mass is 10.1. The number of carbonyl (C=O) groups is 2. The van der Waals surface area contributed by atoms with Crippen LogP contribution in [0.25, 0.3) is 6.08 Å². The van der Waals surface area contributed by atoms with Gasteiger partial charge in [0.2, 0.25) is 0 Å². The maximum atomic E-state index is 11.6. The van der Waals surface area contributed by atoms with Crippen molar-refractivity contribution in [2.75, 3.05) is 6.54 Å². The van der Waals surface area contributed by atoms with Crippen LogP contribution in [0.3, 0.4) is 0 Å². The van der Waals surface area contributed by atoms with Gasteiger partial charge in [-0.3, -0.25) is 9.59 Å². The fourth-order valence-electron chi connectivity index (χ4n) is 1.75. The first-order valence-corrected chi connectivity index (χ1v) is 7.02. The molecule has 2 aromatic rings. The van der Waals surface area contributed by atoms with Crippen LogP contribution >= 0.6 is 0 Å². The van der Waals surface area contributed by atoms with Gasteiger partial charge in [0.15, 0.2) is 5.76 Å². The van der Waals surface area contributed by atoms with Crippen LogP contribution < -0.4 is 10.7 Å². The molecule has 0 radical (unpaired) electrons. The van der Waals surface area contributed by atoms with Gasteiger partial charge in [0.25, 0.3) is 11.8 Å². The van der Waals surface area contributed by atoms with Crippen LogP contribution in [-0.4, -0.2) is 24.6 Å². The van der Waals surface area contributed by atoms with E-state index in [1.54, 1.807) is 12.3 Å². The smallest absolute Gasteiger partial charge is 0.287 e. The van der Waals surface area contributed by atoms with Crippen molar-refractivity contribution in [1.29, 1.82) is 0 Å². The van der Waals surface area contributed by atoms with Gasteiger partial charge in [0.05, 0.1) is 19.0 Å². The molecule has 2 rings (SSSR count). The molecule has 1 aromatic heterocycles. The molecular formula is C17H17N3O3. The lowest BCUT2D eigenvalue weighted by Crippen LogP contribution is -2.34. The molecule has 2 N–H and O–H groups in total. The average molecular weight is 311 g/mol. The molecule has 0 atom stereocenters. The number of nitrogens with zero attached hydrogens (tertiary/aromatic N) is 1. The molecule has 6 heteroatoms. The quantitative estimate of drug-likeness (QED) is 0.634. The van der Waals surface area contributed by atoms with Gasteiger partial charge in [0, 0.05) is 0 Å². The Labute approximate surface area is 133 Å². The predicted octanol–water partition coefficient (Wildman–Crippen LogP) is 2.21. The summed E-state index contributed by atoms with van der Waals surface area (Å²) in [5, 5.41) is 6.27. The molecule has 2 amide bonds. The van der Waals surface area contributed by atoms with E-state index in [2.05, 4.69) is 15.8 Å².